The van der Waals surface area contributed by atoms with E-state index in [1.165, 1.54) is 38.6 Å². The van der Waals surface area contributed by atoms with Crippen molar-refractivity contribution >= 4 is 35.8 Å². The van der Waals surface area contributed by atoms with Crippen LogP contribution in [-0.4, -0.2) is 29.3 Å². The van der Waals surface area contributed by atoms with E-state index >= 15 is 0 Å². The van der Waals surface area contributed by atoms with Gasteiger partial charge in [0.1, 0.15) is 0 Å². The molecule has 1 aliphatic heterocycles. The summed E-state index contributed by atoms with van der Waals surface area (Å²) in [4.78, 5) is 0. The van der Waals surface area contributed by atoms with Gasteiger partial charge in [0, 0.05) is 0 Å². The van der Waals surface area contributed by atoms with Crippen LogP contribution < -0.4 is 5.20 Å². The van der Waals surface area contributed by atoms with Gasteiger partial charge in [0.05, 0.1) is 0 Å². The zero-order valence-corrected chi connectivity index (χ0v) is 15.9. The first-order chi connectivity index (χ1) is 8.04. The summed E-state index contributed by atoms with van der Waals surface area (Å²) < 4.78 is 2.52. The summed E-state index contributed by atoms with van der Waals surface area (Å²) in [6, 6.07) is 0. The van der Waals surface area contributed by atoms with Crippen LogP contribution in [-0.2, 0) is 0 Å². The van der Waals surface area contributed by atoms with Crippen LogP contribution in [0.25, 0.3) is 0 Å². The van der Waals surface area contributed by atoms with E-state index in [9.17, 15) is 0 Å². The molecule has 0 amide bonds. The number of halogens is 1. The van der Waals surface area contributed by atoms with Crippen LogP contribution in [0.2, 0.25) is 0 Å². The fourth-order valence-corrected chi connectivity index (χ4v) is 10.5. The molecule has 0 bridgehead atoms. The molecule has 0 spiro atoms. The second-order valence-corrected chi connectivity index (χ2v) is 15.4. The Kier molecular flexibility index (Phi) is 7.74. The van der Waals surface area contributed by atoms with Crippen LogP contribution in [0.1, 0.15) is 52.9 Å². The van der Waals surface area contributed by atoms with Crippen molar-refractivity contribution in [3.8, 4) is 0 Å². The molecule has 1 N–H and O–H groups in total. The van der Waals surface area contributed by atoms with Gasteiger partial charge >= 0.3 is 123 Å². The molecule has 3 atom stereocenters. The zero-order chi connectivity index (χ0) is 12.9. The third kappa shape index (κ3) is 4.53. The Bertz CT molecular complexity index is 219. The molecule has 0 aromatic heterocycles. The fourth-order valence-electron chi connectivity index (χ4n) is 2.58. The third-order valence-electron chi connectivity index (χ3n) is 4.03. The molecule has 0 aromatic carbocycles. The van der Waals surface area contributed by atoms with E-state index in [4.69, 9.17) is 0 Å². The maximum absolute atomic E-state index is 3.97. The molecule has 1 rings (SSSR count). The van der Waals surface area contributed by atoms with Gasteiger partial charge in [-0.3, -0.25) is 0 Å². The summed E-state index contributed by atoms with van der Waals surface area (Å²) in [7, 11) is 0.899. The van der Waals surface area contributed by atoms with Crippen LogP contribution in [0.15, 0.2) is 0 Å². The molecule has 2 nitrogen and oxygen atoms in total. The van der Waals surface area contributed by atoms with Crippen molar-refractivity contribution < 1.29 is 0 Å². The second kappa shape index (κ2) is 7.94. The zero-order valence-electron chi connectivity index (χ0n) is 11.7. The van der Waals surface area contributed by atoms with E-state index in [-0.39, 0.29) is 0 Å². The Morgan fingerprint density at radius 3 is 2.35 bits per heavy atom. The number of hydrazine groups is 1. The van der Waals surface area contributed by atoms with Gasteiger partial charge in [0.15, 0.2) is 0 Å². The molecular formula is C12H29IN2P2. The van der Waals surface area contributed by atoms with Gasteiger partial charge in [-0.1, -0.05) is 0 Å². The van der Waals surface area contributed by atoms with Gasteiger partial charge in [-0.15, -0.1) is 0 Å². The minimum absolute atomic E-state index is 0.899. The van der Waals surface area contributed by atoms with Crippen molar-refractivity contribution in [1.29, 1.82) is 0 Å². The molecule has 0 saturated carbocycles. The van der Waals surface area contributed by atoms with E-state index in [1.807, 2.05) is 0 Å². The molecule has 104 valence electrons. The predicted molar refractivity (Wildman–Crippen MR) is 94.1 cm³/mol. The van der Waals surface area contributed by atoms with Crippen LogP contribution in [0.4, 0.5) is 0 Å². The van der Waals surface area contributed by atoms with Gasteiger partial charge in [0.2, 0.25) is 0 Å². The molecule has 1 saturated heterocycles. The Balaban J connectivity index is 2.48. The molecule has 0 aliphatic carbocycles. The van der Waals surface area contributed by atoms with E-state index < -0.39 is 5.06 Å². The summed E-state index contributed by atoms with van der Waals surface area (Å²) in [6.45, 7) is 10.7. The first kappa shape index (κ1) is 16.6. The molecule has 1 fully saturated rings. The molecule has 1 aliphatic rings. The second-order valence-electron chi connectivity index (χ2n) is 5.34. The summed E-state index contributed by atoms with van der Waals surface area (Å²) in [5.74, 6) is 0. The van der Waals surface area contributed by atoms with Crippen LogP contribution >= 0.6 is 35.8 Å². The molecule has 0 aromatic rings. The SMILES string of the molecule is CCCCCN(N[PH]1(I)[C@H](C)CC[C@H]1C)PC. The topological polar surface area (TPSA) is 15.3 Å². The standard InChI is InChI=1S/C12H29IN2P2/c1-5-6-7-10-15(16-4)14-17(13)11(2)8-9-12(17)3/h11-12,14,16-17H,5-10H2,1-4H3/t11-,12-/m1/s1. The van der Waals surface area contributed by atoms with E-state index in [1.54, 1.807) is 0 Å². The predicted octanol–water partition coefficient (Wildman–Crippen LogP) is 4.79. The number of hydrogen-bond acceptors (Lipinski definition) is 2. The van der Waals surface area contributed by atoms with Crippen molar-refractivity contribution in [3.05, 3.63) is 0 Å². The van der Waals surface area contributed by atoms with Crippen molar-refractivity contribution in [2.45, 2.75) is 64.2 Å². The minimum atomic E-state index is -1.28. The molecule has 1 heterocycles. The van der Waals surface area contributed by atoms with Crippen molar-refractivity contribution in [2.24, 2.45) is 0 Å². The van der Waals surface area contributed by atoms with Gasteiger partial charge in [-0.25, -0.2) is 0 Å². The van der Waals surface area contributed by atoms with Gasteiger partial charge in [0.25, 0.3) is 0 Å². The number of unbranched alkanes of at least 4 members (excludes halogenated alkanes) is 2. The van der Waals surface area contributed by atoms with E-state index in [2.05, 4.69) is 59.5 Å². The Morgan fingerprint density at radius 2 is 1.88 bits per heavy atom. The Hall–Kier alpha value is 1.51. The number of nitrogens with zero attached hydrogens (tertiary/aromatic N) is 1. The normalized spacial score (nSPS) is 30.5. The monoisotopic (exact) mass is 390 g/mol. The number of nitrogens with one attached hydrogen (secondary N) is 1. The molecule has 5 heteroatoms. The molecule has 1 unspecified atom stereocenters. The average molecular weight is 390 g/mol. The first-order valence-electron chi connectivity index (χ1n) is 6.96. The summed E-state index contributed by atoms with van der Waals surface area (Å²) in [6.07, 6.45) is 6.88. The van der Waals surface area contributed by atoms with Crippen LogP contribution in [0.5, 0.6) is 0 Å². The van der Waals surface area contributed by atoms with Gasteiger partial charge < -0.3 is 0 Å². The Labute approximate surface area is 123 Å². The van der Waals surface area contributed by atoms with Crippen LogP contribution in [0, 0.1) is 0 Å². The van der Waals surface area contributed by atoms with Crippen molar-refractivity contribution in [1.82, 2.24) is 9.98 Å². The van der Waals surface area contributed by atoms with Crippen molar-refractivity contribution in [3.63, 3.8) is 0 Å². The van der Waals surface area contributed by atoms with Gasteiger partial charge in [-0.2, -0.15) is 0 Å². The quantitative estimate of drug-likeness (QED) is 0.291. The number of rotatable bonds is 7. The van der Waals surface area contributed by atoms with Gasteiger partial charge in [-0.05, 0) is 0 Å². The molecule has 17 heavy (non-hydrogen) atoms. The Morgan fingerprint density at radius 1 is 1.29 bits per heavy atom. The van der Waals surface area contributed by atoms with E-state index in [0.717, 1.165) is 20.0 Å². The summed E-state index contributed by atoms with van der Waals surface area (Å²) in [5, 5.41) is 2.69. The summed E-state index contributed by atoms with van der Waals surface area (Å²) >= 11 is 2.81. The maximum atomic E-state index is 3.97. The number of hydrogen-bond donors (Lipinski definition) is 1. The third-order valence-corrected chi connectivity index (χ3v) is 16.3. The average Bonchev–Trinajstić information content (AvgIpc) is 2.56. The molecule has 0 radical (unpaired) electrons. The molecular weight excluding hydrogens is 361 g/mol. The van der Waals surface area contributed by atoms with Crippen LogP contribution in [0.3, 0.4) is 0 Å². The first-order valence-corrected chi connectivity index (χ1v) is 13.7. The van der Waals surface area contributed by atoms with E-state index in [0.29, 0.717) is 0 Å². The van der Waals surface area contributed by atoms with Crippen molar-refractivity contribution in [2.75, 3.05) is 13.2 Å². The summed E-state index contributed by atoms with van der Waals surface area (Å²) in [5.41, 5.74) is 1.84. The fraction of sp³-hybridized carbons (Fsp3) is 1.00.